The number of carbonyl (C=O) groups is 3. The van der Waals surface area contributed by atoms with Crippen molar-refractivity contribution in [3.63, 3.8) is 0 Å². The molecule has 3 amide bonds. The Labute approximate surface area is 127 Å². The zero-order chi connectivity index (χ0) is 15.7. The van der Waals surface area contributed by atoms with Crippen LogP contribution in [-0.4, -0.2) is 30.6 Å². The zero-order valence-corrected chi connectivity index (χ0v) is 13.0. The average molecular weight is 312 g/mol. The van der Waals surface area contributed by atoms with Crippen molar-refractivity contribution in [3.8, 4) is 0 Å². The molecular weight excluding hydrogens is 292 g/mol. The summed E-state index contributed by atoms with van der Waals surface area (Å²) in [5.41, 5.74) is 0. The third-order valence-corrected chi connectivity index (χ3v) is 3.70. The number of thiophene rings is 1. The van der Waals surface area contributed by atoms with E-state index in [1.807, 2.05) is 31.4 Å². The van der Waals surface area contributed by atoms with Gasteiger partial charge in [0.25, 0.3) is 5.91 Å². The molecule has 1 atom stereocenters. The number of carbonyl (C=O) groups excluding carboxylic acids is 3. The Morgan fingerprint density at radius 2 is 2.14 bits per heavy atom. The number of ether oxygens (including phenoxy) is 1. The summed E-state index contributed by atoms with van der Waals surface area (Å²) in [6.45, 7) is 3.30. The zero-order valence-electron chi connectivity index (χ0n) is 12.2. The van der Waals surface area contributed by atoms with Gasteiger partial charge in [-0.2, -0.15) is 0 Å². The van der Waals surface area contributed by atoms with Gasteiger partial charge in [0.15, 0.2) is 6.61 Å². The molecule has 21 heavy (non-hydrogen) atoms. The summed E-state index contributed by atoms with van der Waals surface area (Å²) in [4.78, 5) is 35.3. The maximum atomic E-state index is 11.5. The van der Waals surface area contributed by atoms with Crippen molar-refractivity contribution in [2.75, 3.05) is 6.61 Å². The van der Waals surface area contributed by atoms with E-state index in [1.165, 1.54) is 0 Å². The second-order valence-electron chi connectivity index (χ2n) is 4.57. The van der Waals surface area contributed by atoms with E-state index in [-0.39, 0.29) is 12.5 Å². The molecule has 1 aromatic heterocycles. The van der Waals surface area contributed by atoms with Gasteiger partial charge in [-0.15, -0.1) is 11.3 Å². The molecule has 0 aliphatic rings. The fourth-order valence-corrected chi connectivity index (χ4v) is 2.13. The number of esters is 1. The molecule has 0 radical (unpaired) electrons. The largest absolute Gasteiger partial charge is 0.456 e. The van der Waals surface area contributed by atoms with Crippen LogP contribution in [0.15, 0.2) is 17.5 Å². The number of amides is 3. The lowest BCUT2D eigenvalue weighted by Crippen LogP contribution is -2.44. The molecule has 0 saturated heterocycles. The van der Waals surface area contributed by atoms with Gasteiger partial charge in [-0.3, -0.25) is 14.9 Å². The van der Waals surface area contributed by atoms with Crippen LogP contribution in [0.4, 0.5) is 4.79 Å². The van der Waals surface area contributed by atoms with Crippen molar-refractivity contribution in [1.29, 1.82) is 0 Å². The van der Waals surface area contributed by atoms with Crippen molar-refractivity contribution in [2.45, 2.75) is 39.2 Å². The number of aryl methyl sites for hydroxylation is 1. The average Bonchev–Trinajstić information content (AvgIpc) is 2.95. The SMILES string of the molecule is CC[C@H](C)NC(=O)NC(=O)COC(=O)CCc1cccs1. The minimum absolute atomic E-state index is 0.0221. The summed E-state index contributed by atoms with van der Waals surface area (Å²) in [6, 6.07) is 3.24. The lowest BCUT2D eigenvalue weighted by molar-refractivity contribution is -0.148. The first kappa shape index (κ1) is 17.2. The monoisotopic (exact) mass is 312 g/mol. The summed E-state index contributed by atoms with van der Waals surface area (Å²) in [5, 5.41) is 6.62. The van der Waals surface area contributed by atoms with Crippen LogP contribution < -0.4 is 10.6 Å². The molecule has 0 aliphatic carbocycles. The van der Waals surface area contributed by atoms with Gasteiger partial charge in [0, 0.05) is 10.9 Å². The molecule has 1 heterocycles. The van der Waals surface area contributed by atoms with Gasteiger partial charge in [-0.1, -0.05) is 13.0 Å². The van der Waals surface area contributed by atoms with Crippen molar-refractivity contribution in [3.05, 3.63) is 22.4 Å². The topological polar surface area (TPSA) is 84.5 Å². The van der Waals surface area contributed by atoms with Crippen molar-refractivity contribution in [1.82, 2.24) is 10.6 Å². The maximum absolute atomic E-state index is 11.5. The lowest BCUT2D eigenvalue weighted by Gasteiger charge is -2.11. The first-order valence-electron chi connectivity index (χ1n) is 6.79. The molecule has 0 unspecified atom stereocenters. The Hall–Kier alpha value is -1.89. The van der Waals surface area contributed by atoms with Crippen molar-refractivity contribution in [2.24, 2.45) is 0 Å². The highest BCUT2D eigenvalue weighted by Crippen LogP contribution is 2.10. The van der Waals surface area contributed by atoms with E-state index in [9.17, 15) is 14.4 Å². The molecular formula is C14H20N2O4S. The Morgan fingerprint density at radius 3 is 2.76 bits per heavy atom. The molecule has 1 aromatic rings. The van der Waals surface area contributed by atoms with Gasteiger partial charge < -0.3 is 10.1 Å². The van der Waals surface area contributed by atoms with Gasteiger partial charge in [0.2, 0.25) is 0 Å². The highest BCUT2D eigenvalue weighted by Gasteiger charge is 2.12. The highest BCUT2D eigenvalue weighted by molar-refractivity contribution is 7.09. The Kier molecular flexibility index (Phi) is 7.45. The quantitative estimate of drug-likeness (QED) is 0.753. The van der Waals surface area contributed by atoms with E-state index in [0.29, 0.717) is 6.42 Å². The number of hydrogen-bond donors (Lipinski definition) is 2. The van der Waals surface area contributed by atoms with Crippen molar-refractivity contribution < 1.29 is 19.1 Å². The minimum atomic E-state index is -0.639. The standard InChI is InChI=1S/C14H20N2O4S/c1-3-10(2)15-14(19)16-12(17)9-20-13(18)7-6-11-5-4-8-21-11/h4-5,8,10H,3,6-7,9H2,1-2H3,(H2,15,16,17,19)/t10-/m0/s1. The van der Waals surface area contributed by atoms with E-state index in [0.717, 1.165) is 11.3 Å². The number of imide groups is 1. The van der Waals surface area contributed by atoms with Gasteiger partial charge in [0.05, 0.1) is 6.42 Å². The molecule has 6 nitrogen and oxygen atoms in total. The summed E-state index contributed by atoms with van der Waals surface area (Å²) in [7, 11) is 0. The van der Waals surface area contributed by atoms with E-state index < -0.39 is 24.5 Å². The van der Waals surface area contributed by atoms with Crippen LogP contribution in [0, 0.1) is 0 Å². The van der Waals surface area contributed by atoms with E-state index >= 15 is 0 Å². The van der Waals surface area contributed by atoms with Gasteiger partial charge in [0.1, 0.15) is 0 Å². The van der Waals surface area contributed by atoms with Gasteiger partial charge in [-0.25, -0.2) is 4.79 Å². The fourth-order valence-electron chi connectivity index (χ4n) is 1.42. The number of urea groups is 1. The Morgan fingerprint density at radius 1 is 1.38 bits per heavy atom. The Bertz CT molecular complexity index is 473. The van der Waals surface area contributed by atoms with Crippen LogP contribution >= 0.6 is 11.3 Å². The summed E-state index contributed by atoms with van der Waals surface area (Å²) < 4.78 is 4.81. The first-order chi connectivity index (χ1) is 10.0. The van der Waals surface area contributed by atoms with Crippen LogP contribution in [0.5, 0.6) is 0 Å². The highest BCUT2D eigenvalue weighted by atomic mass is 32.1. The maximum Gasteiger partial charge on any atom is 0.321 e. The molecule has 0 fully saturated rings. The van der Waals surface area contributed by atoms with Gasteiger partial charge in [-0.05, 0) is 31.2 Å². The van der Waals surface area contributed by atoms with E-state index in [4.69, 9.17) is 4.74 Å². The van der Waals surface area contributed by atoms with Gasteiger partial charge >= 0.3 is 12.0 Å². The summed E-state index contributed by atoms with van der Waals surface area (Å²) >= 11 is 1.57. The molecule has 2 N–H and O–H groups in total. The van der Waals surface area contributed by atoms with Crippen LogP contribution in [0.2, 0.25) is 0 Å². The van der Waals surface area contributed by atoms with Crippen LogP contribution in [-0.2, 0) is 20.7 Å². The molecule has 0 saturated carbocycles. The minimum Gasteiger partial charge on any atom is -0.456 e. The second-order valence-corrected chi connectivity index (χ2v) is 5.60. The summed E-state index contributed by atoms with van der Waals surface area (Å²) in [6.07, 6.45) is 1.57. The smallest absolute Gasteiger partial charge is 0.321 e. The van der Waals surface area contributed by atoms with E-state index in [2.05, 4.69) is 10.6 Å². The Balaban J connectivity index is 2.17. The van der Waals surface area contributed by atoms with Crippen molar-refractivity contribution >= 4 is 29.2 Å². The number of rotatable bonds is 7. The molecule has 7 heteroatoms. The normalized spacial score (nSPS) is 11.5. The first-order valence-corrected chi connectivity index (χ1v) is 7.67. The molecule has 0 aliphatic heterocycles. The third kappa shape index (κ3) is 7.45. The number of hydrogen-bond acceptors (Lipinski definition) is 5. The summed E-state index contributed by atoms with van der Waals surface area (Å²) in [5.74, 6) is -1.10. The third-order valence-electron chi connectivity index (χ3n) is 2.76. The van der Waals surface area contributed by atoms with Crippen LogP contribution in [0.3, 0.4) is 0 Å². The molecule has 0 bridgehead atoms. The predicted octanol–water partition coefficient (Wildman–Crippen LogP) is 1.85. The molecule has 0 spiro atoms. The van der Waals surface area contributed by atoms with Crippen LogP contribution in [0.25, 0.3) is 0 Å². The van der Waals surface area contributed by atoms with Crippen LogP contribution in [0.1, 0.15) is 31.6 Å². The lowest BCUT2D eigenvalue weighted by atomic mass is 10.3. The molecule has 1 rings (SSSR count). The molecule has 116 valence electrons. The predicted molar refractivity (Wildman–Crippen MR) is 80.0 cm³/mol. The van der Waals surface area contributed by atoms with E-state index in [1.54, 1.807) is 11.3 Å². The number of nitrogens with one attached hydrogen (secondary N) is 2. The fraction of sp³-hybridized carbons (Fsp3) is 0.500. The second kappa shape index (κ2) is 9.12. The molecule has 0 aromatic carbocycles.